The third-order valence-electron chi connectivity index (χ3n) is 2.71. The highest BCUT2D eigenvalue weighted by molar-refractivity contribution is 7.99. The summed E-state index contributed by atoms with van der Waals surface area (Å²) in [5.41, 5.74) is 11.2. The number of guanidine groups is 2. The zero-order valence-electron chi connectivity index (χ0n) is 13.1. The summed E-state index contributed by atoms with van der Waals surface area (Å²) in [6, 6.07) is 5.29. The van der Waals surface area contributed by atoms with Crippen molar-refractivity contribution in [1.29, 1.82) is 5.41 Å². The molecule has 5 N–H and O–H groups in total. The molecule has 0 aliphatic rings. The zero-order valence-corrected chi connectivity index (χ0v) is 15.4. The van der Waals surface area contributed by atoms with Gasteiger partial charge < -0.3 is 16.3 Å². The number of hydrogen-bond acceptors (Lipinski definition) is 4. The van der Waals surface area contributed by atoms with Gasteiger partial charge in [-0.1, -0.05) is 23.2 Å². The summed E-state index contributed by atoms with van der Waals surface area (Å²) in [4.78, 5) is 7.48. The fourth-order valence-electron chi connectivity index (χ4n) is 1.72. The third-order valence-corrected chi connectivity index (χ3v) is 4.53. The molecule has 0 aromatic heterocycles. The van der Waals surface area contributed by atoms with E-state index in [-0.39, 0.29) is 18.0 Å². The average molecular weight is 378 g/mol. The zero-order chi connectivity index (χ0) is 17.4. The Balaban J connectivity index is 2.36. The van der Waals surface area contributed by atoms with Crippen molar-refractivity contribution in [2.45, 2.75) is 31.2 Å². The molecule has 0 fully saturated rings. The molecule has 9 heteroatoms. The smallest absolute Gasteiger partial charge is 0.240 e. The van der Waals surface area contributed by atoms with Crippen LogP contribution in [-0.2, 0) is 4.84 Å². The van der Waals surface area contributed by atoms with E-state index in [1.165, 1.54) is 4.90 Å². The van der Waals surface area contributed by atoms with Gasteiger partial charge in [-0.05, 0) is 43.6 Å². The second-order valence-electron chi connectivity index (χ2n) is 4.91. The van der Waals surface area contributed by atoms with Crippen molar-refractivity contribution in [3.63, 3.8) is 0 Å². The van der Waals surface area contributed by atoms with E-state index in [1.807, 2.05) is 19.9 Å². The summed E-state index contributed by atoms with van der Waals surface area (Å²) in [6.45, 7) is 4.11. The maximum Gasteiger partial charge on any atom is 0.240 e. The monoisotopic (exact) mass is 377 g/mol. The first-order valence-corrected chi connectivity index (χ1v) is 8.73. The quantitative estimate of drug-likeness (QED) is 0.222. The standard InChI is InChI=1S/C14H21Cl2N5OS/c1-9(2)21(13(17)18)14(19)20-22-6-3-7-23-12-8-10(15)4-5-11(12)16/h4-5,8-9H,3,6-7H2,1-2H3,(H3,17,18)(H2,19,20). The van der Waals surface area contributed by atoms with Gasteiger partial charge in [0, 0.05) is 21.7 Å². The lowest BCUT2D eigenvalue weighted by molar-refractivity contribution is 0.141. The summed E-state index contributed by atoms with van der Waals surface area (Å²) in [5.74, 6) is 0.699. The van der Waals surface area contributed by atoms with Crippen LogP contribution in [0.25, 0.3) is 0 Å². The van der Waals surface area contributed by atoms with E-state index in [9.17, 15) is 0 Å². The van der Waals surface area contributed by atoms with E-state index in [0.717, 1.165) is 17.1 Å². The van der Waals surface area contributed by atoms with Crippen LogP contribution in [0.15, 0.2) is 28.3 Å². The van der Waals surface area contributed by atoms with E-state index >= 15 is 0 Å². The molecule has 0 aliphatic heterocycles. The van der Waals surface area contributed by atoms with E-state index in [2.05, 4.69) is 5.16 Å². The summed E-state index contributed by atoms with van der Waals surface area (Å²) < 4.78 is 0. The number of thioether (sulfide) groups is 1. The molecule has 0 bridgehead atoms. The van der Waals surface area contributed by atoms with Crippen molar-refractivity contribution >= 4 is 46.9 Å². The van der Waals surface area contributed by atoms with Crippen molar-refractivity contribution in [3.05, 3.63) is 28.2 Å². The highest BCUT2D eigenvalue weighted by Gasteiger charge is 2.15. The lowest BCUT2D eigenvalue weighted by Gasteiger charge is -2.24. The van der Waals surface area contributed by atoms with Crippen LogP contribution in [0, 0.1) is 5.41 Å². The SMILES string of the molecule is CC(C)N(C(=N)N)C(N)=NOCCCSc1cc(Cl)ccc1Cl. The second-order valence-corrected chi connectivity index (χ2v) is 6.89. The Hall–Kier alpha value is -1.31. The first-order chi connectivity index (χ1) is 10.8. The molecular weight excluding hydrogens is 357 g/mol. The lowest BCUT2D eigenvalue weighted by atomic mass is 10.3. The number of nitrogens with zero attached hydrogens (tertiary/aromatic N) is 2. The lowest BCUT2D eigenvalue weighted by Crippen LogP contribution is -2.49. The minimum Gasteiger partial charge on any atom is -0.393 e. The summed E-state index contributed by atoms with van der Waals surface area (Å²) >= 11 is 13.6. The van der Waals surface area contributed by atoms with Gasteiger partial charge in [0.15, 0.2) is 5.96 Å². The number of nitrogens with one attached hydrogen (secondary N) is 1. The molecule has 0 radical (unpaired) electrons. The molecule has 128 valence electrons. The number of benzene rings is 1. The molecule has 0 unspecified atom stereocenters. The number of nitrogens with two attached hydrogens (primary N) is 2. The van der Waals surface area contributed by atoms with Gasteiger partial charge in [0.1, 0.15) is 6.61 Å². The Labute approximate surface area is 150 Å². The van der Waals surface area contributed by atoms with Gasteiger partial charge in [-0.3, -0.25) is 10.3 Å². The number of halogens is 2. The maximum atomic E-state index is 7.45. The minimum absolute atomic E-state index is 0.0676. The Kier molecular flexibility index (Phi) is 8.36. The van der Waals surface area contributed by atoms with E-state index in [4.69, 9.17) is 44.9 Å². The first-order valence-electron chi connectivity index (χ1n) is 6.99. The van der Waals surface area contributed by atoms with E-state index in [0.29, 0.717) is 16.7 Å². The molecule has 0 amide bonds. The Morgan fingerprint density at radius 2 is 2.09 bits per heavy atom. The summed E-state index contributed by atoms with van der Waals surface area (Å²) in [6.07, 6.45) is 0.756. The average Bonchev–Trinajstić information content (AvgIpc) is 2.45. The fraction of sp³-hybridized carbons (Fsp3) is 0.429. The van der Waals surface area contributed by atoms with Crippen LogP contribution in [0.4, 0.5) is 0 Å². The van der Waals surface area contributed by atoms with Crippen LogP contribution in [-0.4, -0.2) is 35.2 Å². The number of hydrogen-bond donors (Lipinski definition) is 3. The first kappa shape index (κ1) is 19.7. The third kappa shape index (κ3) is 6.76. The van der Waals surface area contributed by atoms with Crippen molar-refractivity contribution in [2.75, 3.05) is 12.4 Å². The van der Waals surface area contributed by atoms with Crippen LogP contribution >= 0.6 is 35.0 Å². The van der Waals surface area contributed by atoms with Crippen LogP contribution in [0.3, 0.4) is 0 Å². The molecule has 0 spiro atoms. The highest BCUT2D eigenvalue weighted by Crippen LogP contribution is 2.30. The Bertz CT molecular complexity index is 568. The Morgan fingerprint density at radius 3 is 2.70 bits per heavy atom. The van der Waals surface area contributed by atoms with Gasteiger partial charge in [-0.15, -0.1) is 11.8 Å². The normalized spacial score (nSPS) is 11.6. The second kappa shape index (κ2) is 9.75. The largest absolute Gasteiger partial charge is 0.393 e. The van der Waals surface area contributed by atoms with Gasteiger partial charge in [0.2, 0.25) is 5.96 Å². The number of oxime groups is 1. The van der Waals surface area contributed by atoms with E-state index < -0.39 is 0 Å². The molecular formula is C14H21Cl2N5OS. The molecule has 1 aromatic carbocycles. The fourth-order valence-corrected chi connectivity index (χ4v) is 3.13. The molecule has 0 aliphatic carbocycles. The van der Waals surface area contributed by atoms with Crippen molar-refractivity contribution in [2.24, 2.45) is 16.6 Å². The molecule has 23 heavy (non-hydrogen) atoms. The van der Waals surface area contributed by atoms with Gasteiger partial charge in [-0.25, -0.2) is 0 Å². The molecule has 0 saturated carbocycles. The predicted octanol–water partition coefficient (Wildman–Crippen LogP) is 3.33. The van der Waals surface area contributed by atoms with Crippen molar-refractivity contribution in [3.8, 4) is 0 Å². The molecule has 0 saturated heterocycles. The van der Waals surface area contributed by atoms with Gasteiger partial charge in [0.25, 0.3) is 0 Å². The summed E-state index contributed by atoms with van der Waals surface area (Å²) in [5, 5.41) is 12.6. The molecule has 1 rings (SSSR count). The molecule has 0 heterocycles. The van der Waals surface area contributed by atoms with Gasteiger partial charge in [0.05, 0.1) is 5.02 Å². The maximum absolute atomic E-state index is 7.45. The number of rotatable bonds is 7. The predicted molar refractivity (Wildman–Crippen MR) is 98.3 cm³/mol. The molecule has 1 aromatic rings. The van der Waals surface area contributed by atoms with Crippen LogP contribution in [0.2, 0.25) is 10.0 Å². The van der Waals surface area contributed by atoms with Gasteiger partial charge >= 0.3 is 0 Å². The Morgan fingerprint density at radius 1 is 1.39 bits per heavy atom. The van der Waals surface area contributed by atoms with Crippen LogP contribution in [0.5, 0.6) is 0 Å². The van der Waals surface area contributed by atoms with Gasteiger partial charge in [-0.2, -0.15) is 0 Å². The minimum atomic E-state index is -0.170. The van der Waals surface area contributed by atoms with E-state index in [1.54, 1.807) is 23.9 Å². The topological polar surface area (TPSA) is 101 Å². The van der Waals surface area contributed by atoms with Crippen molar-refractivity contribution < 1.29 is 4.84 Å². The summed E-state index contributed by atoms with van der Waals surface area (Å²) in [7, 11) is 0. The van der Waals surface area contributed by atoms with Crippen molar-refractivity contribution in [1.82, 2.24) is 4.90 Å². The van der Waals surface area contributed by atoms with Crippen LogP contribution in [0.1, 0.15) is 20.3 Å². The highest BCUT2D eigenvalue weighted by atomic mass is 35.5. The van der Waals surface area contributed by atoms with Crippen LogP contribution < -0.4 is 11.5 Å². The molecule has 0 atom stereocenters. The molecule has 6 nitrogen and oxygen atoms in total.